The zero-order valence-electron chi connectivity index (χ0n) is 9.22. The molecule has 0 bridgehead atoms. The van der Waals surface area contributed by atoms with E-state index < -0.39 is 5.82 Å². The van der Waals surface area contributed by atoms with E-state index in [-0.39, 0.29) is 5.75 Å². The lowest BCUT2D eigenvalue weighted by Gasteiger charge is -2.05. The predicted octanol–water partition coefficient (Wildman–Crippen LogP) is 2.72. The van der Waals surface area contributed by atoms with Crippen molar-refractivity contribution in [1.82, 2.24) is 9.97 Å². The first-order valence-electron chi connectivity index (χ1n) is 5.01. The number of ether oxygens (including phenoxy) is 1. The first kappa shape index (κ1) is 11.9. The minimum Gasteiger partial charge on any atom is -0.494 e. The fourth-order valence-corrected chi connectivity index (χ4v) is 1.61. The molecule has 0 saturated heterocycles. The van der Waals surface area contributed by atoms with Crippen LogP contribution in [0.15, 0.2) is 30.5 Å². The Balaban J connectivity index is 2.42. The van der Waals surface area contributed by atoms with Gasteiger partial charge in [0.15, 0.2) is 11.6 Å². The van der Waals surface area contributed by atoms with Gasteiger partial charge in [-0.2, -0.15) is 12.6 Å². The number of benzene rings is 1. The Labute approximate surface area is 104 Å². The number of rotatable bonds is 3. The van der Waals surface area contributed by atoms with Gasteiger partial charge >= 0.3 is 0 Å². The summed E-state index contributed by atoms with van der Waals surface area (Å²) in [5, 5.41) is 0. The molecule has 1 aromatic carbocycles. The third kappa shape index (κ3) is 2.55. The molecule has 0 fully saturated rings. The van der Waals surface area contributed by atoms with Crippen LogP contribution >= 0.6 is 12.6 Å². The van der Waals surface area contributed by atoms with Crippen molar-refractivity contribution in [2.24, 2.45) is 0 Å². The van der Waals surface area contributed by atoms with Crippen molar-refractivity contribution in [1.29, 1.82) is 0 Å². The highest BCUT2D eigenvalue weighted by Crippen LogP contribution is 2.24. The van der Waals surface area contributed by atoms with Crippen molar-refractivity contribution in [3.8, 4) is 17.0 Å². The van der Waals surface area contributed by atoms with Crippen LogP contribution in [0.25, 0.3) is 11.3 Å². The smallest absolute Gasteiger partial charge is 0.165 e. The van der Waals surface area contributed by atoms with E-state index in [2.05, 4.69) is 22.6 Å². The minimum absolute atomic E-state index is 0.220. The maximum atomic E-state index is 13.5. The van der Waals surface area contributed by atoms with E-state index in [0.717, 1.165) is 0 Å². The number of hydrogen-bond donors (Lipinski definition) is 1. The standard InChI is InChI=1S/C12H11FN2OS/c1-16-11-3-2-8(6-9(11)13)10-4-5-14-12(7-17)15-10/h2-6,17H,7H2,1H3. The maximum absolute atomic E-state index is 13.5. The van der Waals surface area contributed by atoms with Gasteiger partial charge in [0.05, 0.1) is 18.6 Å². The van der Waals surface area contributed by atoms with Crippen molar-refractivity contribution < 1.29 is 9.13 Å². The van der Waals surface area contributed by atoms with Gasteiger partial charge in [-0.1, -0.05) is 0 Å². The summed E-state index contributed by atoms with van der Waals surface area (Å²) in [6, 6.07) is 6.46. The molecule has 2 rings (SSSR count). The molecule has 5 heteroatoms. The molecular formula is C12H11FN2OS. The Hall–Kier alpha value is -1.62. The Morgan fingerprint density at radius 1 is 1.35 bits per heavy atom. The summed E-state index contributed by atoms with van der Waals surface area (Å²) in [6.07, 6.45) is 1.63. The molecule has 0 aliphatic heterocycles. The number of thiol groups is 1. The van der Waals surface area contributed by atoms with E-state index in [0.29, 0.717) is 22.8 Å². The van der Waals surface area contributed by atoms with Gasteiger partial charge in [-0.15, -0.1) is 0 Å². The lowest BCUT2D eigenvalue weighted by atomic mass is 10.1. The van der Waals surface area contributed by atoms with Crippen LogP contribution in [0.1, 0.15) is 5.82 Å². The monoisotopic (exact) mass is 250 g/mol. The largest absolute Gasteiger partial charge is 0.494 e. The maximum Gasteiger partial charge on any atom is 0.165 e. The molecule has 0 saturated carbocycles. The van der Waals surface area contributed by atoms with Gasteiger partial charge in [-0.25, -0.2) is 14.4 Å². The van der Waals surface area contributed by atoms with Crippen LogP contribution in [-0.4, -0.2) is 17.1 Å². The van der Waals surface area contributed by atoms with Gasteiger partial charge in [0.1, 0.15) is 5.82 Å². The average molecular weight is 250 g/mol. The van der Waals surface area contributed by atoms with Crippen molar-refractivity contribution in [2.75, 3.05) is 7.11 Å². The van der Waals surface area contributed by atoms with Crippen molar-refractivity contribution in [2.45, 2.75) is 5.75 Å². The van der Waals surface area contributed by atoms with Crippen LogP contribution in [0, 0.1) is 5.82 Å². The van der Waals surface area contributed by atoms with Crippen molar-refractivity contribution >= 4 is 12.6 Å². The summed E-state index contributed by atoms with van der Waals surface area (Å²) in [7, 11) is 1.43. The average Bonchev–Trinajstić information content (AvgIpc) is 2.38. The van der Waals surface area contributed by atoms with Gasteiger partial charge in [0.2, 0.25) is 0 Å². The first-order valence-corrected chi connectivity index (χ1v) is 5.64. The molecule has 1 aromatic heterocycles. The van der Waals surface area contributed by atoms with Gasteiger partial charge < -0.3 is 4.74 Å². The number of halogens is 1. The van der Waals surface area contributed by atoms with Gasteiger partial charge in [-0.3, -0.25) is 0 Å². The van der Waals surface area contributed by atoms with Crippen LogP contribution in [-0.2, 0) is 5.75 Å². The van der Waals surface area contributed by atoms with E-state index in [4.69, 9.17) is 4.74 Å². The summed E-state index contributed by atoms with van der Waals surface area (Å²) in [6.45, 7) is 0. The molecule has 0 aliphatic carbocycles. The zero-order chi connectivity index (χ0) is 12.3. The van der Waals surface area contributed by atoms with E-state index in [9.17, 15) is 4.39 Å². The Bertz CT molecular complexity index is 534. The van der Waals surface area contributed by atoms with E-state index in [1.165, 1.54) is 13.2 Å². The van der Waals surface area contributed by atoms with Crippen LogP contribution in [0.5, 0.6) is 5.75 Å². The second-order valence-corrected chi connectivity index (χ2v) is 3.68. The molecule has 0 N–H and O–H groups in total. The Morgan fingerprint density at radius 2 is 2.18 bits per heavy atom. The van der Waals surface area contributed by atoms with Crippen LogP contribution in [0.2, 0.25) is 0 Å². The molecule has 17 heavy (non-hydrogen) atoms. The normalized spacial score (nSPS) is 10.3. The fourth-order valence-electron chi connectivity index (χ4n) is 1.46. The lowest BCUT2D eigenvalue weighted by molar-refractivity contribution is 0.386. The van der Waals surface area contributed by atoms with Crippen LogP contribution in [0.4, 0.5) is 4.39 Å². The molecule has 0 amide bonds. The Kier molecular flexibility index (Phi) is 3.58. The molecule has 0 spiro atoms. The SMILES string of the molecule is COc1ccc(-c2ccnc(CS)n2)cc1F. The van der Waals surface area contributed by atoms with Crippen LogP contribution in [0.3, 0.4) is 0 Å². The number of nitrogens with zero attached hydrogens (tertiary/aromatic N) is 2. The molecule has 1 heterocycles. The highest BCUT2D eigenvalue weighted by Gasteiger charge is 2.06. The molecule has 0 unspecified atom stereocenters. The van der Waals surface area contributed by atoms with Gasteiger partial charge in [-0.05, 0) is 24.3 Å². The highest BCUT2D eigenvalue weighted by molar-refractivity contribution is 7.79. The second-order valence-electron chi connectivity index (χ2n) is 3.37. The molecule has 3 nitrogen and oxygen atoms in total. The highest BCUT2D eigenvalue weighted by atomic mass is 32.1. The fraction of sp³-hybridized carbons (Fsp3) is 0.167. The molecule has 0 aliphatic rings. The minimum atomic E-state index is -0.406. The number of hydrogen-bond acceptors (Lipinski definition) is 4. The number of methoxy groups -OCH3 is 1. The third-order valence-electron chi connectivity index (χ3n) is 2.29. The molecule has 88 valence electrons. The van der Waals surface area contributed by atoms with E-state index in [1.54, 1.807) is 24.4 Å². The summed E-state index contributed by atoms with van der Waals surface area (Å²) < 4.78 is 18.4. The summed E-state index contributed by atoms with van der Waals surface area (Å²) in [4.78, 5) is 8.30. The topological polar surface area (TPSA) is 35.0 Å². The molecule has 0 atom stereocenters. The van der Waals surface area contributed by atoms with Gasteiger partial charge in [0, 0.05) is 11.8 Å². The zero-order valence-corrected chi connectivity index (χ0v) is 10.1. The van der Waals surface area contributed by atoms with E-state index >= 15 is 0 Å². The van der Waals surface area contributed by atoms with Crippen molar-refractivity contribution in [3.63, 3.8) is 0 Å². The van der Waals surface area contributed by atoms with Gasteiger partial charge in [0.25, 0.3) is 0 Å². The molecule has 2 aromatic rings. The summed E-state index contributed by atoms with van der Waals surface area (Å²) in [5.74, 6) is 0.877. The molecular weight excluding hydrogens is 239 g/mol. The molecule has 0 radical (unpaired) electrons. The Morgan fingerprint density at radius 3 is 2.82 bits per heavy atom. The summed E-state index contributed by atoms with van der Waals surface area (Å²) >= 11 is 4.10. The quantitative estimate of drug-likeness (QED) is 0.851. The third-order valence-corrected chi connectivity index (χ3v) is 2.58. The second kappa shape index (κ2) is 5.14. The number of aromatic nitrogens is 2. The van der Waals surface area contributed by atoms with Crippen LogP contribution < -0.4 is 4.74 Å². The summed E-state index contributed by atoms with van der Waals surface area (Å²) in [5.41, 5.74) is 1.36. The lowest BCUT2D eigenvalue weighted by Crippen LogP contribution is -1.94. The van der Waals surface area contributed by atoms with E-state index in [1.807, 2.05) is 0 Å². The first-order chi connectivity index (χ1) is 8.24. The van der Waals surface area contributed by atoms with Crippen molar-refractivity contribution in [3.05, 3.63) is 42.1 Å². The predicted molar refractivity (Wildman–Crippen MR) is 66.7 cm³/mol.